The van der Waals surface area contributed by atoms with Gasteiger partial charge in [-0.2, -0.15) is 0 Å². The maximum absolute atomic E-state index is 12.5. The van der Waals surface area contributed by atoms with E-state index in [4.69, 9.17) is 9.47 Å². The van der Waals surface area contributed by atoms with Gasteiger partial charge in [0.05, 0.1) is 7.11 Å². The van der Waals surface area contributed by atoms with E-state index in [0.29, 0.717) is 11.1 Å². The molecular weight excluding hydrogens is 380 g/mol. The first-order chi connectivity index (χ1) is 13.3. The predicted octanol–water partition coefficient (Wildman–Crippen LogP) is 3.93. The second-order valence-corrected chi connectivity index (χ2v) is 7.44. The van der Waals surface area contributed by atoms with E-state index in [9.17, 15) is 17.8 Å². The number of rotatable bonds is 6. The Labute approximate surface area is 163 Å². The average molecular weight is 397 g/mol. The topological polar surface area (TPSA) is 92.7 Å². The minimum atomic E-state index is -4.76. The van der Waals surface area contributed by atoms with E-state index >= 15 is 0 Å². The summed E-state index contributed by atoms with van der Waals surface area (Å²) in [4.78, 5) is 12.0. The molecule has 0 amide bonds. The van der Waals surface area contributed by atoms with Crippen LogP contribution in [0.15, 0.2) is 71.6 Å². The largest absolute Gasteiger partial charge is 0.744 e. The van der Waals surface area contributed by atoms with Crippen molar-refractivity contribution in [3.63, 3.8) is 0 Å². The number of carbonyl (C=O) groups is 1. The minimum absolute atomic E-state index is 0.117. The summed E-state index contributed by atoms with van der Waals surface area (Å²) < 4.78 is 45.0. The Balaban J connectivity index is 1.85. The van der Waals surface area contributed by atoms with Gasteiger partial charge >= 0.3 is 0 Å². The summed E-state index contributed by atoms with van der Waals surface area (Å²) >= 11 is 0. The van der Waals surface area contributed by atoms with Crippen LogP contribution in [0.4, 0.5) is 0 Å². The summed E-state index contributed by atoms with van der Waals surface area (Å²) in [6.07, 6.45) is 0. The summed E-state index contributed by atoms with van der Waals surface area (Å²) in [6, 6.07) is 17.4. The van der Waals surface area contributed by atoms with Crippen LogP contribution in [-0.2, 0) is 10.1 Å². The summed E-state index contributed by atoms with van der Waals surface area (Å²) in [6.45, 7) is 1.94. The number of aryl methyl sites for hydroxylation is 1. The fraction of sp³-hybridized carbons (Fsp3) is 0.0952. The van der Waals surface area contributed by atoms with Crippen LogP contribution in [0.3, 0.4) is 0 Å². The van der Waals surface area contributed by atoms with Gasteiger partial charge in [-0.3, -0.25) is 4.79 Å². The lowest BCUT2D eigenvalue weighted by atomic mass is 10.0. The molecule has 0 aliphatic rings. The molecule has 0 fully saturated rings. The van der Waals surface area contributed by atoms with Crippen LogP contribution < -0.4 is 9.47 Å². The highest BCUT2D eigenvalue weighted by molar-refractivity contribution is 7.85. The molecule has 0 heterocycles. The van der Waals surface area contributed by atoms with Crippen molar-refractivity contribution in [1.29, 1.82) is 0 Å². The lowest BCUT2D eigenvalue weighted by Gasteiger charge is -2.15. The highest BCUT2D eigenvalue weighted by atomic mass is 32.2. The van der Waals surface area contributed by atoms with Gasteiger partial charge in [-0.05, 0) is 43.3 Å². The first-order valence-corrected chi connectivity index (χ1v) is 9.72. The Morgan fingerprint density at radius 3 is 1.93 bits per heavy atom. The molecule has 0 saturated heterocycles. The molecule has 7 heteroatoms. The number of hydrogen-bond donors (Lipinski definition) is 0. The highest BCUT2D eigenvalue weighted by Gasteiger charge is 2.14. The quantitative estimate of drug-likeness (QED) is 0.462. The van der Waals surface area contributed by atoms with Crippen LogP contribution in [-0.4, -0.2) is 25.9 Å². The van der Waals surface area contributed by atoms with E-state index < -0.39 is 15.0 Å². The van der Waals surface area contributed by atoms with Gasteiger partial charge in [0, 0.05) is 17.2 Å². The maximum atomic E-state index is 12.5. The number of ether oxygens (including phenoxy) is 2. The average Bonchev–Trinajstić information content (AvgIpc) is 2.68. The molecule has 0 aliphatic heterocycles. The molecule has 0 aromatic heterocycles. The summed E-state index contributed by atoms with van der Waals surface area (Å²) in [5.41, 5.74) is 2.08. The SMILES string of the molecule is COc1ccc(Oc2ccc(C(=O)c3ccc(C)cc3)cc2)c(S(=O)(=O)[O-])c1. The van der Waals surface area contributed by atoms with Crippen molar-refractivity contribution in [2.75, 3.05) is 7.11 Å². The van der Waals surface area contributed by atoms with Crippen LogP contribution in [0.25, 0.3) is 0 Å². The molecular formula is C21H17O6S-. The van der Waals surface area contributed by atoms with Crippen LogP contribution in [0.5, 0.6) is 17.2 Å². The molecule has 0 saturated carbocycles. The van der Waals surface area contributed by atoms with E-state index in [1.165, 1.54) is 31.4 Å². The summed E-state index contributed by atoms with van der Waals surface area (Å²) in [5, 5.41) is 0. The number of methoxy groups -OCH3 is 1. The smallest absolute Gasteiger partial charge is 0.193 e. The van der Waals surface area contributed by atoms with E-state index in [1.54, 1.807) is 24.3 Å². The number of ketones is 1. The Kier molecular flexibility index (Phi) is 5.48. The van der Waals surface area contributed by atoms with Gasteiger partial charge in [-0.15, -0.1) is 0 Å². The molecule has 6 nitrogen and oxygen atoms in total. The zero-order valence-electron chi connectivity index (χ0n) is 15.2. The predicted molar refractivity (Wildman–Crippen MR) is 102 cm³/mol. The van der Waals surface area contributed by atoms with E-state index in [0.717, 1.165) is 11.6 Å². The lowest BCUT2D eigenvalue weighted by molar-refractivity contribution is 0.103. The van der Waals surface area contributed by atoms with Gasteiger partial charge in [0.15, 0.2) is 5.78 Å². The van der Waals surface area contributed by atoms with Crippen molar-refractivity contribution >= 4 is 15.9 Å². The van der Waals surface area contributed by atoms with Gasteiger partial charge in [0.1, 0.15) is 32.3 Å². The fourth-order valence-electron chi connectivity index (χ4n) is 2.57. The van der Waals surface area contributed by atoms with E-state index in [1.807, 2.05) is 19.1 Å². The van der Waals surface area contributed by atoms with Crippen molar-refractivity contribution in [3.8, 4) is 17.2 Å². The minimum Gasteiger partial charge on any atom is -0.744 e. The van der Waals surface area contributed by atoms with Gasteiger partial charge in [-0.1, -0.05) is 29.8 Å². The van der Waals surface area contributed by atoms with E-state index in [2.05, 4.69) is 0 Å². The van der Waals surface area contributed by atoms with Crippen molar-refractivity contribution in [2.24, 2.45) is 0 Å². The molecule has 0 N–H and O–H groups in total. The van der Waals surface area contributed by atoms with Gasteiger partial charge in [0.2, 0.25) is 0 Å². The Bertz CT molecular complexity index is 1100. The number of hydrogen-bond acceptors (Lipinski definition) is 6. The summed E-state index contributed by atoms with van der Waals surface area (Å²) in [7, 11) is -3.39. The Hall–Kier alpha value is -3.16. The van der Waals surface area contributed by atoms with E-state index in [-0.39, 0.29) is 23.0 Å². The standard InChI is InChI=1S/C21H18O6S/c1-14-3-5-15(6-4-14)21(22)16-7-9-17(10-8-16)27-19-12-11-18(26-2)13-20(19)28(23,24)25/h3-13H,1-2H3,(H,23,24,25)/p-1. The zero-order chi connectivity index (χ0) is 20.3. The van der Waals surface area contributed by atoms with Crippen molar-refractivity contribution < 1.29 is 27.2 Å². The molecule has 144 valence electrons. The Morgan fingerprint density at radius 2 is 1.39 bits per heavy atom. The fourth-order valence-corrected chi connectivity index (χ4v) is 3.18. The van der Waals surface area contributed by atoms with Crippen molar-refractivity contribution in [2.45, 2.75) is 11.8 Å². The monoisotopic (exact) mass is 397 g/mol. The van der Waals surface area contributed by atoms with Crippen LogP contribution in [0.2, 0.25) is 0 Å². The third-order valence-electron chi connectivity index (χ3n) is 4.08. The third-order valence-corrected chi connectivity index (χ3v) is 4.94. The second kappa shape index (κ2) is 7.84. The molecule has 3 aromatic rings. The zero-order valence-corrected chi connectivity index (χ0v) is 16.0. The lowest BCUT2D eigenvalue weighted by Crippen LogP contribution is -2.03. The molecule has 0 bridgehead atoms. The highest BCUT2D eigenvalue weighted by Crippen LogP contribution is 2.32. The maximum Gasteiger partial charge on any atom is 0.193 e. The normalized spacial score (nSPS) is 11.1. The Morgan fingerprint density at radius 1 is 0.857 bits per heavy atom. The molecule has 3 rings (SSSR count). The molecule has 3 aromatic carbocycles. The molecule has 28 heavy (non-hydrogen) atoms. The number of carbonyl (C=O) groups excluding carboxylic acids is 1. The van der Waals surface area contributed by atoms with Gasteiger partial charge in [0.25, 0.3) is 0 Å². The molecule has 0 radical (unpaired) electrons. The molecule has 0 unspecified atom stereocenters. The molecule has 0 aliphatic carbocycles. The molecule has 0 atom stereocenters. The van der Waals surface area contributed by atoms with Crippen LogP contribution in [0.1, 0.15) is 21.5 Å². The molecule has 0 spiro atoms. The second-order valence-electron chi connectivity index (χ2n) is 6.09. The first kappa shape index (κ1) is 19.6. The number of benzene rings is 3. The van der Waals surface area contributed by atoms with Gasteiger partial charge < -0.3 is 14.0 Å². The van der Waals surface area contributed by atoms with Crippen LogP contribution >= 0.6 is 0 Å². The van der Waals surface area contributed by atoms with Gasteiger partial charge in [-0.25, -0.2) is 8.42 Å². The van der Waals surface area contributed by atoms with Crippen molar-refractivity contribution in [1.82, 2.24) is 0 Å². The van der Waals surface area contributed by atoms with Crippen molar-refractivity contribution in [3.05, 3.63) is 83.4 Å². The van der Waals surface area contributed by atoms with Crippen LogP contribution in [0, 0.1) is 6.92 Å². The first-order valence-electron chi connectivity index (χ1n) is 8.31. The summed E-state index contributed by atoms with van der Waals surface area (Å²) in [5.74, 6) is 0.253. The third kappa shape index (κ3) is 4.39.